The third-order valence-electron chi connectivity index (χ3n) is 5.15. The lowest BCUT2D eigenvalue weighted by Gasteiger charge is -2.25. The number of hydrogen-bond acceptors (Lipinski definition) is 8. The van der Waals surface area contributed by atoms with E-state index >= 15 is 0 Å². The first-order chi connectivity index (χ1) is 15.0. The number of rotatable bonds is 5. The molecule has 0 amide bonds. The fourth-order valence-corrected chi connectivity index (χ4v) is 3.64. The molecule has 0 unspecified atom stereocenters. The highest BCUT2D eigenvalue weighted by atomic mass is 16.5. The molecule has 0 saturated carbocycles. The second-order valence-electron chi connectivity index (χ2n) is 6.74. The zero-order valence-corrected chi connectivity index (χ0v) is 17.1. The van der Waals surface area contributed by atoms with Crippen molar-refractivity contribution in [2.24, 2.45) is 5.73 Å². The maximum Gasteiger partial charge on any atom is 0.244 e. The van der Waals surface area contributed by atoms with Gasteiger partial charge in [0.15, 0.2) is 11.5 Å². The number of phenolic OH excluding ortho intramolecular Hbond substituents is 1. The summed E-state index contributed by atoms with van der Waals surface area (Å²) in [5, 5.41) is 27.4. The van der Waals surface area contributed by atoms with Crippen LogP contribution in [0.25, 0.3) is 11.3 Å². The van der Waals surface area contributed by atoms with E-state index in [-0.39, 0.29) is 34.6 Å². The van der Waals surface area contributed by atoms with Crippen LogP contribution in [0.2, 0.25) is 0 Å². The van der Waals surface area contributed by atoms with Gasteiger partial charge in [0, 0.05) is 5.56 Å². The highest BCUT2D eigenvalue weighted by molar-refractivity contribution is 5.72. The molecule has 1 aromatic heterocycles. The molecule has 0 radical (unpaired) electrons. The smallest absolute Gasteiger partial charge is 0.244 e. The van der Waals surface area contributed by atoms with Crippen molar-refractivity contribution in [2.45, 2.75) is 5.92 Å². The van der Waals surface area contributed by atoms with Crippen molar-refractivity contribution >= 4 is 0 Å². The van der Waals surface area contributed by atoms with Crippen LogP contribution in [0.4, 0.5) is 0 Å². The van der Waals surface area contributed by atoms with Gasteiger partial charge in [-0.25, -0.2) is 0 Å². The molecule has 0 saturated heterocycles. The largest absolute Gasteiger partial charge is 0.502 e. The van der Waals surface area contributed by atoms with Gasteiger partial charge in [0.1, 0.15) is 17.4 Å². The highest BCUT2D eigenvalue weighted by Crippen LogP contribution is 2.48. The molecule has 1 atom stereocenters. The second kappa shape index (κ2) is 7.84. The zero-order valence-electron chi connectivity index (χ0n) is 17.1. The average Bonchev–Trinajstić information content (AvgIpc) is 3.21. The van der Waals surface area contributed by atoms with E-state index in [2.05, 4.69) is 16.3 Å². The molecule has 31 heavy (non-hydrogen) atoms. The maximum atomic E-state index is 10.3. The number of aromatic hydroxyl groups is 1. The van der Waals surface area contributed by atoms with Crippen LogP contribution in [-0.2, 0) is 0 Å². The summed E-state index contributed by atoms with van der Waals surface area (Å²) in [6.07, 6.45) is 0. The minimum Gasteiger partial charge on any atom is -0.502 e. The summed E-state index contributed by atoms with van der Waals surface area (Å²) in [6, 6.07) is 12.8. The van der Waals surface area contributed by atoms with Crippen molar-refractivity contribution < 1.29 is 24.1 Å². The van der Waals surface area contributed by atoms with Gasteiger partial charge < -0.3 is 29.8 Å². The Balaban J connectivity index is 1.95. The zero-order chi connectivity index (χ0) is 22.1. The van der Waals surface area contributed by atoms with Crippen LogP contribution in [-0.4, -0.2) is 36.6 Å². The summed E-state index contributed by atoms with van der Waals surface area (Å²) in [5.41, 5.74) is 8.98. The quantitative estimate of drug-likeness (QED) is 0.573. The van der Waals surface area contributed by atoms with Gasteiger partial charge in [0.05, 0.1) is 38.5 Å². The van der Waals surface area contributed by atoms with E-state index in [1.165, 1.54) is 14.2 Å². The molecule has 0 spiro atoms. The fraction of sp³-hybridized carbons (Fsp3) is 0.182. The molecular weight excluding hydrogens is 400 g/mol. The molecule has 1 aliphatic heterocycles. The molecule has 0 fully saturated rings. The van der Waals surface area contributed by atoms with Crippen LogP contribution in [0, 0.1) is 11.3 Å². The topological polar surface area (TPSA) is 136 Å². The summed E-state index contributed by atoms with van der Waals surface area (Å²) in [7, 11) is 4.46. The van der Waals surface area contributed by atoms with Crippen molar-refractivity contribution in [3.8, 4) is 46.2 Å². The molecule has 0 aliphatic carbocycles. The van der Waals surface area contributed by atoms with Crippen molar-refractivity contribution in [1.29, 1.82) is 5.26 Å². The number of ether oxygens (including phenoxy) is 4. The number of aromatic amines is 1. The summed E-state index contributed by atoms with van der Waals surface area (Å²) in [6.45, 7) is 0. The molecule has 3 aromatic rings. The van der Waals surface area contributed by atoms with E-state index in [0.717, 1.165) is 5.56 Å². The number of phenols is 1. The van der Waals surface area contributed by atoms with Crippen LogP contribution < -0.4 is 24.7 Å². The third-order valence-corrected chi connectivity index (χ3v) is 5.15. The number of fused-ring (bicyclic) bond motifs is 1. The number of nitrogens with two attached hydrogens (primary N) is 1. The Morgan fingerprint density at radius 2 is 1.74 bits per heavy atom. The van der Waals surface area contributed by atoms with Crippen LogP contribution in [0.3, 0.4) is 0 Å². The molecular formula is C22H20N4O5. The highest BCUT2D eigenvalue weighted by Gasteiger charge is 2.36. The number of nitrogens with one attached hydrogen (secondary N) is 1. The first kappa shape index (κ1) is 20.0. The number of allylic oxidation sites excluding steroid dienone is 1. The van der Waals surface area contributed by atoms with Gasteiger partial charge in [-0.1, -0.05) is 0 Å². The van der Waals surface area contributed by atoms with E-state index in [4.69, 9.17) is 24.7 Å². The van der Waals surface area contributed by atoms with E-state index in [1.54, 1.807) is 19.2 Å². The normalized spacial score (nSPS) is 15.0. The second-order valence-corrected chi connectivity index (χ2v) is 6.74. The molecule has 2 aromatic carbocycles. The summed E-state index contributed by atoms with van der Waals surface area (Å²) < 4.78 is 21.4. The molecule has 4 rings (SSSR count). The molecule has 4 N–H and O–H groups in total. The molecule has 1 aliphatic rings. The molecule has 158 valence electrons. The van der Waals surface area contributed by atoms with Gasteiger partial charge in [-0.2, -0.15) is 5.26 Å². The number of aromatic nitrogens is 2. The van der Waals surface area contributed by atoms with Crippen molar-refractivity contribution in [1.82, 2.24) is 10.2 Å². The number of methoxy groups -OCH3 is 3. The Hall–Kier alpha value is -4.32. The third kappa shape index (κ3) is 3.24. The monoisotopic (exact) mass is 420 g/mol. The maximum absolute atomic E-state index is 10.3. The molecule has 2 heterocycles. The van der Waals surface area contributed by atoms with E-state index < -0.39 is 5.92 Å². The Labute approximate surface area is 178 Å². The lowest BCUT2D eigenvalue weighted by Crippen LogP contribution is -2.21. The van der Waals surface area contributed by atoms with Gasteiger partial charge in [-0.05, 0) is 42.0 Å². The first-order valence-electron chi connectivity index (χ1n) is 9.27. The predicted octanol–water partition coefficient (Wildman–Crippen LogP) is 3.03. The number of hydrogen-bond donors (Lipinski definition) is 3. The Morgan fingerprint density at radius 3 is 2.29 bits per heavy atom. The fourth-order valence-electron chi connectivity index (χ4n) is 3.64. The van der Waals surface area contributed by atoms with Gasteiger partial charge in [-0.15, -0.1) is 5.10 Å². The minimum atomic E-state index is -0.631. The van der Waals surface area contributed by atoms with E-state index in [0.29, 0.717) is 22.6 Å². The number of H-pyrrole nitrogens is 1. The lowest BCUT2D eigenvalue weighted by atomic mass is 9.82. The van der Waals surface area contributed by atoms with Crippen molar-refractivity contribution in [2.75, 3.05) is 21.3 Å². The first-order valence-corrected chi connectivity index (χ1v) is 9.27. The van der Waals surface area contributed by atoms with Gasteiger partial charge in [-0.3, -0.25) is 5.10 Å². The van der Waals surface area contributed by atoms with E-state index in [1.807, 2.05) is 24.3 Å². The lowest BCUT2D eigenvalue weighted by molar-refractivity contribution is 0.338. The Kier molecular flexibility index (Phi) is 5.05. The summed E-state index contributed by atoms with van der Waals surface area (Å²) >= 11 is 0. The molecule has 0 bridgehead atoms. The van der Waals surface area contributed by atoms with Crippen molar-refractivity contribution in [3.63, 3.8) is 0 Å². The van der Waals surface area contributed by atoms with Crippen LogP contribution in [0.1, 0.15) is 17.0 Å². The van der Waals surface area contributed by atoms with Gasteiger partial charge >= 0.3 is 0 Å². The van der Waals surface area contributed by atoms with E-state index in [9.17, 15) is 10.4 Å². The average molecular weight is 420 g/mol. The van der Waals surface area contributed by atoms with Crippen LogP contribution >= 0.6 is 0 Å². The van der Waals surface area contributed by atoms with Crippen LogP contribution in [0.5, 0.6) is 28.9 Å². The van der Waals surface area contributed by atoms with Crippen molar-refractivity contribution in [3.05, 3.63) is 59.0 Å². The predicted molar refractivity (Wildman–Crippen MR) is 111 cm³/mol. The standard InChI is InChI=1S/C22H20N4O5/c1-28-13-6-4-11(5-7-13)19-18-17(14(10-23)21(24)31-22(18)26-25-19)12-8-15(29-2)20(27)16(9-12)30-3/h4-9,17,27H,24H2,1-3H3,(H,25,26)/t17-/m0/s1. The summed E-state index contributed by atoms with van der Waals surface area (Å²) in [4.78, 5) is 0. The molecule has 9 nitrogen and oxygen atoms in total. The Bertz CT molecular complexity index is 1180. The minimum absolute atomic E-state index is 0.0428. The SMILES string of the molecule is COc1ccc(-c2[nH]nc3c2[C@@H](c2cc(OC)c(O)c(OC)c2)C(C#N)=C(N)O3)cc1. The number of nitrogens with zero attached hydrogens (tertiary/aromatic N) is 2. The van der Waals surface area contributed by atoms with Crippen LogP contribution in [0.15, 0.2) is 47.9 Å². The Morgan fingerprint density at radius 1 is 1.10 bits per heavy atom. The van der Waals surface area contributed by atoms with Gasteiger partial charge in [0.25, 0.3) is 0 Å². The summed E-state index contributed by atoms with van der Waals surface area (Å²) in [5.74, 6) is 0.560. The van der Waals surface area contributed by atoms with Gasteiger partial charge in [0.2, 0.25) is 17.5 Å². The number of benzene rings is 2. The molecule has 9 heteroatoms. The number of nitriles is 1.